The topological polar surface area (TPSA) is 66.4 Å². The van der Waals surface area contributed by atoms with Crippen LogP contribution in [-0.4, -0.2) is 16.8 Å². The highest BCUT2D eigenvalue weighted by Crippen LogP contribution is 2.25. The van der Waals surface area contributed by atoms with Gasteiger partial charge < -0.3 is 10.4 Å². The lowest BCUT2D eigenvalue weighted by atomic mass is 10.2. The minimum absolute atomic E-state index is 0.0544. The summed E-state index contributed by atoms with van der Waals surface area (Å²) in [6.07, 6.45) is -0.168. The Balaban J connectivity index is 2.69. The molecule has 0 bridgehead atoms. The fourth-order valence-electron chi connectivity index (χ4n) is 1.02. The van der Waals surface area contributed by atoms with Crippen molar-refractivity contribution in [2.24, 2.45) is 0 Å². The van der Waals surface area contributed by atoms with Gasteiger partial charge in [0, 0.05) is 5.69 Å². The van der Waals surface area contributed by atoms with Crippen LogP contribution in [0, 0.1) is 0 Å². The van der Waals surface area contributed by atoms with Crippen LogP contribution in [0.25, 0.3) is 0 Å². The van der Waals surface area contributed by atoms with Crippen LogP contribution in [0.5, 0.6) is 5.75 Å². The summed E-state index contributed by atoms with van der Waals surface area (Å²) in [5.74, 6) is -0.664. The van der Waals surface area contributed by atoms with Crippen LogP contribution in [0.15, 0.2) is 18.2 Å². The van der Waals surface area contributed by atoms with Gasteiger partial charge in [0.25, 0.3) is 0 Å². The first-order valence-electron chi connectivity index (χ1n) is 4.27. The van der Waals surface area contributed by atoms with E-state index in [0.717, 1.165) is 0 Å². The van der Waals surface area contributed by atoms with E-state index in [0.29, 0.717) is 5.69 Å². The summed E-state index contributed by atoms with van der Waals surface area (Å²) in [7, 11) is 0. The second-order valence-corrected chi connectivity index (χ2v) is 3.50. The first-order chi connectivity index (χ1) is 6.99. The number of hydrogen-bond acceptors (Lipinski definition) is 3. The van der Waals surface area contributed by atoms with Gasteiger partial charge in [-0.3, -0.25) is 9.59 Å². The molecular formula is C10H10ClNO3. The van der Waals surface area contributed by atoms with Gasteiger partial charge in [0.1, 0.15) is 11.5 Å². The second kappa shape index (κ2) is 4.79. The maximum atomic E-state index is 11.2. The average Bonchev–Trinajstić information content (AvgIpc) is 2.10. The van der Waals surface area contributed by atoms with Crippen molar-refractivity contribution in [1.29, 1.82) is 0 Å². The number of carbonyl (C=O) groups excluding carboxylic acids is 2. The highest BCUT2D eigenvalue weighted by atomic mass is 35.5. The van der Waals surface area contributed by atoms with E-state index in [1.165, 1.54) is 25.1 Å². The third kappa shape index (κ3) is 3.59. The molecule has 0 aromatic heterocycles. The van der Waals surface area contributed by atoms with Gasteiger partial charge >= 0.3 is 0 Å². The van der Waals surface area contributed by atoms with Crippen molar-refractivity contribution < 1.29 is 14.7 Å². The molecule has 0 fully saturated rings. The van der Waals surface area contributed by atoms with Gasteiger partial charge in [0.05, 0.1) is 11.4 Å². The lowest BCUT2D eigenvalue weighted by Gasteiger charge is -2.04. The largest absolute Gasteiger partial charge is 0.506 e. The number of carbonyl (C=O) groups is 2. The molecule has 4 nitrogen and oxygen atoms in total. The Kier molecular flexibility index (Phi) is 3.68. The fraction of sp³-hybridized carbons (Fsp3) is 0.200. The molecule has 0 atom stereocenters. The molecule has 1 amide bonds. The van der Waals surface area contributed by atoms with Crippen molar-refractivity contribution in [2.75, 3.05) is 5.32 Å². The monoisotopic (exact) mass is 227 g/mol. The summed E-state index contributed by atoms with van der Waals surface area (Å²) < 4.78 is 0. The van der Waals surface area contributed by atoms with Gasteiger partial charge in [-0.1, -0.05) is 11.6 Å². The third-order valence-electron chi connectivity index (χ3n) is 1.64. The molecule has 0 saturated heterocycles. The van der Waals surface area contributed by atoms with Crippen LogP contribution in [0.3, 0.4) is 0 Å². The molecule has 15 heavy (non-hydrogen) atoms. The Morgan fingerprint density at radius 2 is 2.13 bits per heavy atom. The maximum absolute atomic E-state index is 11.2. The summed E-state index contributed by atoms with van der Waals surface area (Å²) in [4.78, 5) is 21.8. The molecule has 1 aromatic rings. The van der Waals surface area contributed by atoms with Gasteiger partial charge in [-0.15, -0.1) is 0 Å². The number of hydrogen-bond donors (Lipinski definition) is 2. The van der Waals surface area contributed by atoms with Gasteiger partial charge in [-0.25, -0.2) is 0 Å². The van der Waals surface area contributed by atoms with Crippen molar-refractivity contribution in [1.82, 2.24) is 0 Å². The number of anilines is 1. The number of aromatic hydroxyl groups is 1. The van der Waals surface area contributed by atoms with Gasteiger partial charge in [0.15, 0.2) is 0 Å². The Morgan fingerprint density at radius 1 is 1.47 bits per heavy atom. The highest BCUT2D eigenvalue weighted by molar-refractivity contribution is 6.32. The number of phenols is 1. The molecule has 1 rings (SSSR count). The molecule has 0 aliphatic carbocycles. The average molecular weight is 228 g/mol. The van der Waals surface area contributed by atoms with Crippen molar-refractivity contribution in [3.8, 4) is 5.75 Å². The normalized spacial score (nSPS) is 9.73. The molecule has 0 heterocycles. The van der Waals surface area contributed by atoms with Crippen LogP contribution in [0.2, 0.25) is 5.02 Å². The number of rotatable bonds is 3. The Morgan fingerprint density at radius 3 is 2.67 bits per heavy atom. The molecule has 80 valence electrons. The van der Waals surface area contributed by atoms with Crippen LogP contribution in [0.1, 0.15) is 13.3 Å². The number of benzene rings is 1. The van der Waals surface area contributed by atoms with Crippen LogP contribution < -0.4 is 5.32 Å². The summed E-state index contributed by atoms with van der Waals surface area (Å²) in [6, 6.07) is 4.28. The Labute approximate surface area is 91.9 Å². The molecular weight excluding hydrogens is 218 g/mol. The zero-order valence-corrected chi connectivity index (χ0v) is 8.84. The summed E-state index contributed by atoms with van der Waals surface area (Å²) >= 11 is 5.63. The van der Waals surface area contributed by atoms with E-state index in [4.69, 9.17) is 16.7 Å². The predicted molar refractivity (Wildman–Crippen MR) is 57.0 cm³/mol. The summed E-state index contributed by atoms with van der Waals surface area (Å²) in [5, 5.41) is 11.8. The number of phenolic OH excluding ortho intramolecular Hbond substituents is 1. The summed E-state index contributed by atoms with van der Waals surface area (Å²) in [6.45, 7) is 1.34. The highest BCUT2D eigenvalue weighted by Gasteiger charge is 2.06. The van der Waals surface area contributed by atoms with Crippen LogP contribution >= 0.6 is 11.6 Å². The number of ketones is 1. The minimum Gasteiger partial charge on any atom is -0.506 e. The first kappa shape index (κ1) is 11.5. The van der Waals surface area contributed by atoms with Gasteiger partial charge in [-0.2, -0.15) is 0 Å². The molecule has 0 radical (unpaired) electrons. The second-order valence-electron chi connectivity index (χ2n) is 3.09. The van der Waals surface area contributed by atoms with Crippen molar-refractivity contribution >= 4 is 29.0 Å². The lowest BCUT2D eigenvalue weighted by Crippen LogP contribution is -2.14. The number of halogens is 1. The first-order valence-corrected chi connectivity index (χ1v) is 4.64. The lowest BCUT2D eigenvalue weighted by molar-refractivity contribution is -0.124. The molecule has 2 N–H and O–H groups in total. The third-order valence-corrected chi connectivity index (χ3v) is 1.94. The Bertz CT molecular complexity index is 404. The summed E-state index contributed by atoms with van der Waals surface area (Å²) in [5.41, 5.74) is 0.448. The van der Waals surface area contributed by atoms with E-state index in [9.17, 15) is 9.59 Å². The molecule has 0 saturated carbocycles. The Hall–Kier alpha value is -1.55. The number of Topliss-reactive ketones (excluding diaryl/α,β-unsaturated/α-hetero) is 1. The molecule has 0 spiro atoms. The molecule has 5 heteroatoms. The molecule has 0 aliphatic rings. The van der Waals surface area contributed by atoms with Crippen molar-refractivity contribution in [3.63, 3.8) is 0 Å². The van der Waals surface area contributed by atoms with E-state index in [1.54, 1.807) is 0 Å². The standard InChI is InChI=1S/C10H10ClNO3/c1-6(13)4-10(15)12-7-2-3-9(14)8(11)5-7/h2-3,5,14H,4H2,1H3,(H,12,15). The fourth-order valence-corrected chi connectivity index (χ4v) is 1.20. The van der Waals surface area contributed by atoms with Crippen molar-refractivity contribution in [3.05, 3.63) is 23.2 Å². The van der Waals surface area contributed by atoms with E-state index in [1.807, 2.05) is 0 Å². The maximum Gasteiger partial charge on any atom is 0.231 e. The van der Waals surface area contributed by atoms with E-state index in [-0.39, 0.29) is 23.0 Å². The van der Waals surface area contributed by atoms with E-state index >= 15 is 0 Å². The minimum atomic E-state index is -0.399. The van der Waals surface area contributed by atoms with Gasteiger partial charge in [0.2, 0.25) is 5.91 Å². The number of nitrogens with one attached hydrogen (secondary N) is 1. The molecule has 0 unspecified atom stereocenters. The van der Waals surface area contributed by atoms with Crippen molar-refractivity contribution in [2.45, 2.75) is 13.3 Å². The van der Waals surface area contributed by atoms with Gasteiger partial charge in [-0.05, 0) is 25.1 Å². The smallest absolute Gasteiger partial charge is 0.231 e. The quantitative estimate of drug-likeness (QED) is 0.613. The zero-order valence-electron chi connectivity index (χ0n) is 8.08. The molecule has 1 aromatic carbocycles. The number of amides is 1. The predicted octanol–water partition coefficient (Wildman–Crippen LogP) is 1.96. The SMILES string of the molecule is CC(=O)CC(=O)Nc1ccc(O)c(Cl)c1. The van der Waals surface area contributed by atoms with E-state index < -0.39 is 5.91 Å². The van der Waals surface area contributed by atoms with E-state index in [2.05, 4.69) is 5.32 Å². The van der Waals surface area contributed by atoms with Crippen LogP contribution in [0.4, 0.5) is 5.69 Å². The zero-order chi connectivity index (χ0) is 11.4. The van der Waals surface area contributed by atoms with Crippen LogP contribution in [-0.2, 0) is 9.59 Å². The molecule has 0 aliphatic heterocycles.